The molecule has 1 saturated heterocycles. The van der Waals surface area contributed by atoms with E-state index in [-0.39, 0.29) is 18.3 Å². The average molecular weight is 314 g/mol. The minimum atomic E-state index is -3.35. The van der Waals surface area contributed by atoms with Crippen LogP contribution in [0.3, 0.4) is 0 Å². The quantitative estimate of drug-likeness (QED) is 0.753. The predicted molar refractivity (Wildman–Crippen MR) is 81.5 cm³/mol. The van der Waals surface area contributed by atoms with E-state index in [2.05, 4.69) is 0 Å². The highest BCUT2D eigenvalue weighted by atomic mass is 32.2. The average Bonchev–Trinajstić information content (AvgIpc) is 2.91. The Morgan fingerprint density at radius 3 is 2.81 bits per heavy atom. The topological polar surface area (TPSA) is 92.9 Å². The number of nitrogens with zero attached hydrogens (tertiary/aromatic N) is 1. The number of hydrogen-bond acceptors (Lipinski definition) is 5. The number of hydrogen-bond donors (Lipinski definition) is 2. The van der Waals surface area contributed by atoms with E-state index >= 15 is 0 Å². The maximum Gasteiger partial charge on any atom is 0.217 e. The Labute approximate surface area is 125 Å². The number of nitrogen functional groups attached to an aromatic ring is 1. The molecular weight excluding hydrogens is 292 g/mol. The highest BCUT2D eigenvalue weighted by molar-refractivity contribution is 7.89. The molecule has 0 aromatic heterocycles. The zero-order valence-corrected chi connectivity index (χ0v) is 12.9. The van der Waals surface area contributed by atoms with Crippen molar-refractivity contribution in [2.75, 3.05) is 31.2 Å². The molecule has 1 aromatic rings. The van der Waals surface area contributed by atoms with Crippen LogP contribution in [0.1, 0.15) is 13.3 Å². The van der Waals surface area contributed by atoms with Crippen molar-refractivity contribution in [1.29, 1.82) is 0 Å². The van der Waals surface area contributed by atoms with Gasteiger partial charge in [-0.2, -0.15) is 0 Å². The Morgan fingerprint density at radius 1 is 1.48 bits per heavy atom. The number of anilines is 1. The van der Waals surface area contributed by atoms with E-state index in [9.17, 15) is 13.5 Å². The first-order chi connectivity index (χ1) is 9.90. The molecule has 118 valence electrons. The number of rotatable bonds is 6. The SMILES string of the molecule is CC(O)C1CCN(S(=O)(=O)CCOc2ccccc2N)C1. The Kier molecular flexibility index (Phi) is 5.08. The molecule has 1 fully saturated rings. The third-order valence-corrected chi connectivity index (χ3v) is 5.58. The van der Waals surface area contributed by atoms with E-state index in [1.54, 1.807) is 31.2 Å². The Bertz CT molecular complexity index is 574. The van der Waals surface area contributed by atoms with E-state index in [1.165, 1.54) is 4.31 Å². The summed E-state index contributed by atoms with van der Waals surface area (Å²) in [5, 5.41) is 9.53. The molecule has 7 heteroatoms. The molecule has 6 nitrogen and oxygen atoms in total. The number of nitrogens with two attached hydrogens (primary N) is 1. The minimum Gasteiger partial charge on any atom is -0.490 e. The van der Waals surface area contributed by atoms with Gasteiger partial charge in [0.05, 0.1) is 17.5 Å². The monoisotopic (exact) mass is 314 g/mol. The highest BCUT2D eigenvalue weighted by Gasteiger charge is 2.33. The molecule has 1 aliphatic heterocycles. The Balaban J connectivity index is 1.86. The zero-order valence-electron chi connectivity index (χ0n) is 12.1. The fraction of sp³-hybridized carbons (Fsp3) is 0.571. The summed E-state index contributed by atoms with van der Waals surface area (Å²) in [5.41, 5.74) is 6.22. The molecular formula is C14H22N2O4S. The number of benzene rings is 1. The van der Waals surface area contributed by atoms with Gasteiger partial charge in [-0.25, -0.2) is 12.7 Å². The van der Waals surface area contributed by atoms with Crippen LogP contribution < -0.4 is 10.5 Å². The van der Waals surface area contributed by atoms with E-state index in [0.29, 0.717) is 30.9 Å². The lowest BCUT2D eigenvalue weighted by atomic mass is 10.0. The number of aliphatic hydroxyl groups is 1. The number of aliphatic hydroxyl groups excluding tert-OH is 1. The van der Waals surface area contributed by atoms with Crippen LogP contribution in [0.5, 0.6) is 5.75 Å². The summed E-state index contributed by atoms with van der Waals surface area (Å²) in [6.07, 6.45) is 0.217. The van der Waals surface area contributed by atoms with Crippen LogP contribution in [-0.2, 0) is 10.0 Å². The second-order valence-electron chi connectivity index (χ2n) is 5.35. The standard InChI is InChI=1S/C14H22N2O4S/c1-11(17)12-6-7-16(10-12)21(18,19)9-8-20-14-5-3-2-4-13(14)15/h2-5,11-12,17H,6-10,15H2,1H3. The van der Waals surface area contributed by atoms with Crippen LogP contribution in [0.25, 0.3) is 0 Å². The van der Waals surface area contributed by atoms with Crippen LogP contribution in [0, 0.1) is 5.92 Å². The molecule has 0 aliphatic carbocycles. The first kappa shape index (κ1) is 16.1. The van der Waals surface area contributed by atoms with E-state index in [4.69, 9.17) is 10.5 Å². The van der Waals surface area contributed by atoms with Crippen molar-refractivity contribution < 1.29 is 18.3 Å². The highest BCUT2D eigenvalue weighted by Crippen LogP contribution is 2.23. The molecule has 2 unspecified atom stereocenters. The van der Waals surface area contributed by atoms with Crippen LogP contribution in [0.15, 0.2) is 24.3 Å². The summed E-state index contributed by atoms with van der Waals surface area (Å²) in [7, 11) is -3.35. The lowest BCUT2D eigenvalue weighted by Gasteiger charge is -2.18. The van der Waals surface area contributed by atoms with Crippen molar-refractivity contribution in [2.45, 2.75) is 19.4 Å². The minimum absolute atomic E-state index is 0.0189. The molecule has 1 heterocycles. The van der Waals surface area contributed by atoms with Crippen molar-refractivity contribution in [3.8, 4) is 5.75 Å². The summed E-state index contributed by atoms with van der Waals surface area (Å²) in [4.78, 5) is 0. The second kappa shape index (κ2) is 6.64. The van der Waals surface area contributed by atoms with E-state index in [1.807, 2.05) is 0 Å². The lowest BCUT2D eigenvalue weighted by molar-refractivity contribution is 0.133. The maximum atomic E-state index is 12.2. The first-order valence-corrected chi connectivity index (χ1v) is 8.64. The molecule has 0 bridgehead atoms. The van der Waals surface area contributed by atoms with Gasteiger partial charge in [0.2, 0.25) is 10.0 Å². The zero-order chi connectivity index (χ0) is 15.5. The molecule has 0 spiro atoms. The summed E-state index contributed by atoms with van der Waals surface area (Å²) in [6, 6.07) is 6.99. The third kappa shape index (κ3) is 4.09. The molecule has 1 aromatic carbocycles. The Morgan fingerprint density at radius 2 is 2.19 bits per heavy atom. The van der Waals surface area contributed by atoms with Gasteiger partial charge in [-0.1, -0.05) is 12.1 Å². The van der Waals surface area contributed by atoms with Crippen molar-refractivity contribution in [3.05, 3.63) is 24.3 Å². The second-order valence-corrected chi connectivity index (χ2v) is 7.44. The van der Waals surface area contributed by atoms with Crippen molar-refractivity contribution in [2.24, 2.45) is 5.92 Å². The van der Waals surface area contributed by atoms with Crippen LogP contribution in [0.4, 0.5) is 5.69 Å². The molecule has 2 rings (SSSR count). The molecule has 2 atom stereocenters. The Hall–Kier alpha value is -1.31. The smallest absolute Gasteiger partial charge is 0.217 e. The van der Waals surface area contributed by atoms with Crippen LogP contribution in [-0.4, -0.2) is 49.4 Å². The van der Waals surface area contributed by atoms with Crippen LogP contribution in [0.2, 0.25) is 0 Å². The van der Waals surface area contributed by atoms with Gasteiger partial charge < -0.3 is 15.6 Å². The first-order valence-electron chi connectivity index (χ1n) is 7.03. The number of ether oxygens (including phenoxy) is 1. The van der Waals surface area contributed by atoms with Gasteiger partial charge >= 0.3 is 0 Å². The number of sulfonamides is 1. The summed E-state index contributed by atoms with van der Waals surface area (Å²) in [5.74, 6) is 0.426. The largest absolute Gasteiger partial charge is 0.490 e. The molecule has 0 radical (unpaired) electrons. The maximum absolute atomic E-state index is 12.2. The summed E-state index contributed by atoms with van der Waals surface area (Å²) in [6.45, 7) is 2.60. The fourth-order valence-corrected chi connectivity index (χ4v) is 3.75. The van der Waals surface area contributed by atoms with Gasteiger partial charge in [-0.15, -0.1) is 0 Å². The van der Waals surface area contributed by atoms with Crippen LogP contribution >= 0.6 is 0 Å². The number of para-hydroxylation sites is 2. The van der Waals surface area contributed by atoms with Gasteiger partial charge in [-0.3, -0.25) is 0 Å². The van der Waals surface area contributed by atoms with Crippen molar-refractivity contribution in [1.82, 2.24) is 4.31 Å². The summed E-state index contributed by atoms with van der Waals surface area (Å²) < 4.78 is 31.3. The van der Waals surface area contributed by atoms with E-state index < -0.39 is 16.1 Å². The van der Waals surface area contributed by atoms with Gasteiger partial charge in [-0.05, 0) is 31.4 Å². The van der Waals surface area contributed by atoms with Gasteiger partial charge in [0.25, 0.3) is 0 Å². The summed E-state index contributed by atoms with van der Waals surface area (Å²) >= 11 is 0. The molecule has 0 amide bonds. The van der Waals surface area contributed by atoms with E-state index in [0.717, 1.165) is 0 Å². The van der Waals surface area contributed by atoms with Gasteiger partial charge in [0.1, 0.15) is 12.4 Å². The van der Waals surface area contributed by atoms with Crippen molar-refractivity contribution in [3.63, 3.8) is 0 Å². The van der Waals surface area contributed by atoms with Gasteiger partial charge in [0.15, 0.2) is 0 Å². The fourth-order valence-electron chi connectivity index (χ4n) is 2.40. The molecule has 21 heavy (non-hydrogen) atoms. The molecule has 3 N–H and O–H groups in total. The normalized spacial score (nSPS) is 21.3. The van der Waals surface area contributed by atoms with Gasteiger partial charge in [0, 0.05) is 13.1 Å². The van der Waals surface area contributed by atoms with Crippen molar-refractivity contribution >= 4 is 15.7 Å². The third-order valence-electron chi connectivity index (χ3n) is 3.78. The lowest BCUT2D eigenvalue weighted by Crippen LogP contribution is -2.34. The molecule has 0 saturated carbocycles. The predicted octanol–water partition coefficient (Wildman–Crippen LogP) is 0.680. The molecule has 1 aliphatic rings.